The van der Waals surface area contributed by atoms with Gasteiger partial charge in [-0.15, -0.1) is 0 Å². The van der Waals surface area contributed by atoms with Crippen molar-refractivity contribution in [1.82, 2.24) is 5.32 Å². The number of benzene rings is 1. The second-order valence-electron chi connectivity index (χ2n) is 7.55. The largest absolute Gasteiger partial charge is 0.487 e. The maximum absolute atomic E-state index is 6.13. The van der Waals surface area contributed by atoms with Gasteiger partial charge in [0.05, 0.1) is 0 Å². The molecule has 118 valence electrons. The normalized spacial score (nSPS) is 17.6. The third kappa shape index (κ3) is 4.74. The fraction of sp³-hybridized carbons (Fsp3) is 0.684. The Bertz CT molecular complexity index is 465. The molecule has 0 saturated carbocycles. The first-order valence-electron chi connectivity index (χ1n) is 8.40. The quantitative estimate of drug-likeness (QED) is 0.785. The summed E-state index contributed by atoms with van der Waals surface area (Å²) in [6.07, 6.45) is 4.89. The Morgan fingerprint density at radius 2 is 1.95 bits per heavy atom. The molecule has 0 spiro atoms. The zero-order valence-electron chi connectivity index (χ0n) is 14.3. The van der Waals surface area contributed by atoms with E-state index in [9.17, 15) is 0 Å². The standard InChI is InChI=1S/C19H31NO/c1-14(2)8-6-9-15(3)20-13-17-11-7-10-16-12-19(4,5)21-18(16)17/h7,10-11,14-15,20H,6,8-9,12-13H2,1-5H3. The lowest BCUT2D eigenvalue weighted by Crippen LogP contribution is -2.27. The van der Waals surface area contributed by atoms with Gasteiger partial charge >= 0.3 is 0 Å². The van der Waals surface area contributed by atoms with Gasteiger partial charge in [0.2, 0.25) is 0 Å². The maximum atomic E-state index is 6.13. The Morgan fingerprint density at radius 1 is 1.19 bits per heavy atom. The van der Waals surface area contributed by atoms with E-state index in [0.29, 0.717) is 6.04 Å². The van der Waals surface area contributed by atoms with Crippen molar-refractivity contribution in [2.24, 2.45) is 5.92 Å². The molecule has 0 bridgehead atoms. The molecule has 1 aliphatic heterocycles. The molecule has 2 heteroatoms. The summed E-state index contributed by atoms with van der Waals surface area (Å²) in [5.74, 6) is 1.93. The summed E-state index contributed by atoms with van der Waals surface area (Å²) in [5, 5.41) is 3.65. The van der Waals surface area contributed by atoms with Crippen molar-refractivity contribution in [3.63, 3.8) is 0 Å². The number of para-hydroxylation sites is 1. The lowest BCUT2D eigenvalue weighted by Gasteiger charge is -2.19. The van der Waals surface area contributed by atoms with Crippen LogP contribution in [0.3, 0.4) is 0 Å². The molecule has 0 aliphatic carbocycles. The van der Waals surface area contributed by atoms with Crippen molar-refractivity contribution in [1.29, 1.82) is 0 Å². The molecule has 0 fully saturated rings. The molecule has 1 unspecified atom stereocenters. The molecule has 2 nitrogen and oxygen atoms in total. The summed E-state index contributed by atoms with van der Waals surface area (Å²) in [5.41, 5.74) is 2.60. The van der Waals surface area contributed by atoms with E-state index in [1.54, 1.807) is 0 Å². The summed E-state index contributed by atoms with van der Waals surface area (Å²) in [6, 6.07) is 7.10. The monoisotopic (exact) mass is 289 g/mol. The van der Waals surface area contributed by atoms with E-state index in [2.05, 4.69) is 58.1 Å². The molecule has 0 saturated heterocycles. The number of hydrogen-bond acceptors (Lipinski definition) is 2. The third-order valence-electron chi connectivity index (χ3n) is 4.23. The van der Waals surface area contributed by atoms with Gasteiger partial charge in [0.15, 0.2) is 0 Å². The van der Waals surface area contributed by atoms with E-state index in [1.165, 1.54) is 30.4 Å². The van der Waals surface area contributed by atoms with Gasteiger partial charge in [-0.05, 0) is 38.7 Å². The average molecular weight is 289 g/mol. The maximum Gasteiger partial charge on any atom is 0.127 e. The first-order chi connectivity index (χ1) is 9.87. The van der Waals surface area contributed by atoms with Gasteiger partial charge in [0.1, 0.15) is 11.4 Å². The van der Waals surface area contributed by atoms with Gasteiger partial charge in [-0.3, -0.25) is 0 Å². The Labute approximate surface area is 130 Å². The Hall–Kier alpha value is -1.02. The smallest absolute Gasteiger partial charge is 0.127 e. The van der Waals surface area contributed by atoms with Crippen LogP contribution in [-0.2, 0) is 13.0 Å². The zero-order valence-corrected chi connectivity index (χ0v) is 14.3. The molecule has 0 amide bonds. The van der Waals surface area contributed by atoms with Crippen LogP contribution < -0.4 is 10.1 Å². The van der Waals surface area contributed by atoms with E-state index >= 15 is 0 Å². The summed E-state index contributed by atoms with van der Waals surface area (Å²) >= 11 is 0. The number of nitrogens with one attached hydrogen (secondary N) is 1. The first kappa shape index (κ1) is 16.4. The second-order valence-corrected chi connectivity index (χ2v) is 7.55. The summed E-state index contributed by atoms with van der Waals surface area (Å²) in [6.45, 7) is 12.1. The third-order valence-corrected chi connectivity index (χ3v) is 4.23. The van der Waals surface area contributed by atoms with E-state index in [-0.39, 0.29) is 5.60 Å². The van der Waals surface area contributed by atoms with Crippen molar-refractivity contribution in [3.05, 3.63) is 29.3 Å². The molecular formula is C19H31NO. The van der Waals surface area contributed by atoms with Crippen LogP contribution in [0.2, 0.25) is 0 Å². The Kier molecular flexibility index (Phi) is 5.32. The molecule has 1 aromatic carbocycles. The Morgan fingerprint density at radius 3 is 2.67 bits per heavy atom. The molecule has 21 heavy (non-hydrogen) atoms. The predicted octanol–water partition coefficient (Wildman–Crippen LogP) is 4.70. The highest BCUT2D eigenvalue weighted by Gasteiger charge is 2.31. The van der Waals surface area contributed by atoms with Gasteiger partial charge in [0.25, 0.3) is 0 Å². The summed E-state index contributed by atoms with van der Waals surface area (Å²) in [7, 11) is 0. The molecule has 1 N–H and O–H groups in total. The van der Waals surface area contributed by atoms with Crippen LogP contribution in [0.1, 0.15) is 65.0 Å². The lowest BCUT2D eigenvalue weighted by atomic mass is 10.0. The predicted molar refractivity (Wildman–Crippen MR) is 89.8 cm³/mol. The zero-order chi connectivity index (χ0) is 15.5. The molecule has 0 aromatic heterocycles. The first-order valence-corrected chi connectivity index (χ1v) is 8.40. The van der Waals surface area contributed by atoms with Crippen molar-refractivity contribution < 1.29 is 4.74 Å². The highest BCUT2D eigenvalue weighted by atomic mass is 16.5. The number of ether oxygens (including phenoxy) is 1. The van der Waals surface area contributed by atoms with Gasteiger partial charge in [-0.1, -0.05) is 44.9 Å². The van der Waals surface area contributed by atoms with Crippen molar-refractivity contribution in [3.8, 4) is 5.75 Å². The van der Waals surface area contributed by atoms with Crippen LogP contribution in [0.5, 0.6) is 5.75 Å². The fourth-order valence-electron chi connectivity index (χ4n) is 3.04. The number of hydrogen-bond donors (Lipinski definition) is 1. The number of rotatable bonds is 7. The average Bonchev–Trinajstić information content (AvgIpc) is 2.70. The summed E-state index contributed by atoms with van der Waals surface area (Å²) in [4.78, 5) is 0. The van der Waals surface area contributed by atoms with Crippen LogP contribution in [0.25, 0.3) is 0 Å². The SMILES string of the molecule is CC(C)CCCC(C)NCc1cccc2c1OC(C)(C)C2. The highest BCUT2D eigenvalue weighted by Crippen LogP contribution is 2.37. The molecule has 1 heterocycles. The van der Waals surface area contributed by atoms with Crippen LogP contribution in [-0.4, -0.2) is 11.6 Å². The molecule has 1 aromatic rings. The van der Waals surface area contributed by atoms with E-state index < -0.39 is 0 Å². The van der Waals surface area contributed by atoms with E-state index in [1.807, 2.05) is 0 Å². The minimum Gasteiger partial charge on any atom is -0.487 e. The molecule has 0 radical (unpaired) electrons. The van der Waals surface area contributed by atoms with Gasteiger partial charge in [0, 0.05) is 24.6 Å². The van der Waals surface area contributed by atoms with Gasteiger partial charge in [-0.2, -0.15) is 0 Å². The van der Waals surface area contributed by atoms with Crippen LogP contribution in [0.4, 0.5) is 0 Å². The van der Waals surface area contributed by atoms with Crippen molar-refractivity contribution in [2.75, 3.05) is 0 Å². The van der Waals surface area contributed by atoms with Crippen LogP contribution in [0.15, 0.2) is 18.2 Å². The van der Waals surface area contributed by atoms with E-state index in [0.717, 1.165) is 24.6 Å². The lowest BCUT2D eigenvalue weighted by molar-refractivity contribution is 0.137. The van der Waals surface area contributed by atoms with Crippen LogP contribution >= 0.6 is 0 Å². The topological polar surface area (TPSA) is 21.3 Å². The highest BCUT2D eigenvalue weighted by molar-refractivity contribution is 5.45. The minimum atomic E-state index is -0.0542. The summed E-state index contributed by atoms with van der Waals surface area (Å²) < 4.78 is 6.13. The fourth-order valence-corrected chi connectivity index (χ4v) is 3.04. The van der Waals surface area contributed by atoms with Gasteiger partial charge in [-0.25, -0.2) is 0 Å². The number of fused-ring (bicyclic) bond motifs is 1. The molecule has 1 aliphatic rings. The Balaban J connectivity index is 1.86. The van der Waals surface area contributed by atoms with E-state index in [4.69, 9.17) is 4.74 Å². The molecule has 1 atom stereocenters. The second kappa shape index (κ2) is 6.83. The van der Waals surface area contributed by atoms with Crippen molar-refractivity contribution in [2.45, 2.75) is 78.5 Å². The molecule has 2 rings (SSSR count). The van der Waals surface area contributed by atoms with Crippen LogP contribution in [0, 0.1) is 5.92 Å². The molecular weight excluding hydrogens is 258 g/mol. The minimum absolute atomic E-state index is 0.0542. The van der Waals surface area contributed by atoms with Crippen molar-refractivity contribution >= 4 is 0 Å². The van der Waals surface area contributed by atoms with Gasteiger partial charge < -0.3 is 10.1 Å².